The lowest BCUT2D eigenvalue weighted by Crippen LogP contribution is -2.55. The summed E-state index contributed by atoms with van der Waals surface area (Å²) in [6.07, 6.45) is 1.71. The fourth-order valence-corrected chi connectivity index (χ4v) is 1.45. The number of carbonyl (C=O) groups is 1. The van der Waals surface area contributed by atoms with Crippen LogP contribution in [-0.2, 0) is 4.74 Å². The number of urea groups is 1. The zero-order chi connectivity index (χ0) is 8.48. The number of nitrogens with two attached hydrogens (primary N) is 1. The molecule has 4 heteroatoms. The van der Waals surface area contributed by atoms with Gasteiger partial charge in [0.2, 0.25) is 0 Å². The number of rotatable bonds is 2. The van der Waals surface area contributed by atoms with E-state index < -0.39 is 6.03 Å². The average molecular weight is 158 g/mol. The van der Waals surface area contributed by atoms with Crippen molar-refractivity contribution in [3.05, 3.63) is 0 Å². The second-order valence-corrected chi connectivity index (χ2v) is 3.27. The Labute approximate surface area is 66.1 Å². The lowest BCUT2D eigenvalue weighted by molar-refractivity contribution is -0.0718. The van der Waals surface area contributed by atoms with Crippen LogP contribution >= 0.6 is 0 Å². The van der Waals surface area contributed by atoms with Crippen LogP contribution in [0, 0.1) is 0 Å². The highest BCUT2D eigenvalue weighted by molar-refractivity contribution is 5.72. The number of methoxy groups -OCH3 is 1. The van der Waals surface area contributed by atoms with Crippen LogP contribution < -0.4 is 11.1 Å². The van der Waals surface area contributed by atoms with Crippen molar-refractivity contribution in [3.8, 4) is 0 Å². The SMILES string of the molecule is CO[C@]1(C)C[C@H](NC(N)=O)C1. The van der Waals surface area contributed by atoms with Crippen molar-refractivity contribution in [2.45, 2.75) is 31.4 Å². The molecule has 4 nitrogen and oxygen atoms in total. The van der Waals surface area contributed by atoms with Gasteiger partial charge in [0.25, 0.3) is 0 Å². The van der Waals surface area contributed by atoms with Crippen LogP contribution in [-0.4, -0.2) is 24.8 Å². The van der Waals surface area contributed by atoms with Gasteiger partial charge in [-0.15, -0.1) is 0 Å². The minimum atomic E-state index is -0.451. The third kappa shape index (κ3) is 1.83. The molecule has 0 spiro atoms. The van der Waals surface area contributed by atoms with Gasteiger partial charge in [-0.3, -0.25) is 0 Å². The van der Waals surface area contributed by atoms with E-state index in [9.17, 15) is 4.79 Å². The molecular formula is C7H14N2O2. The Morgan fingerprint density at radius 1 is 1.73 bits per heavy atom. The molecule has 1 saturated carbocycles. The minimum Gasteiger partial charge on any atom is -0.378 e. The topological polar surface area (TPSA) is 64.3 Å². The summed E-state index contributed by atoms with van der Waals surface area (Å²) < 4.78 is 5.19. The van der Waals surface area contributed by atoms with E-state index in [1.54, 1.807) is 7.11 Å². The molecule has 64 valence electrons. The van der Waals surface area contributed by atoms with Crippen LogP contribution in [0.5, 0.6) is 0 Å². The zero-order valence-corrected chi connectivity index (χ0v) is 6.89. The van der Waals surface area contributed by atoms with Gasteiger partial charge >= 0.3 is 6.03 Å². The van der Waals surface area contributed by atoms with Crippen LogP contribution in [0.4, 0.5) is 4.79 Å². The number of hydrogen-bond acceptors (Lipinski definition) is 2. The molecule has 11 heavy (non-hydrogen) atoms. The second kappa shape index (κ2) is 2.70. The van der Waals surface area contributed by atoms with Gasteiger partial charge in [0.15, 0.2) is 0 Å². The van der Waals surface area contributed by atoms with Gasteiger partial charge in [0.05, 0.1) is 5.60 Å². The molecular weight excluding hydrogens is 144 g/mol. The quantitative estimate of drug-likeness (QED) is 0.604. The third-order valence-electron chi connectivity index (χ3n) is 2.20. The van der Waals surface area contributed by atoms with Crippen molar-refractivity contribution >= 4 is 6.03 Å². The van der Waals surface area contributed by atoms with Gasteiger partial charge in [-0.25, -0.2) is 4.79 Å². The van der Waals surface area contributed by atoms with Gasteiger partial charge in [-0.2, -0.15) is 0 Å². The fourth-order valence-electron chi connectivity index (χ4n) is 1.45. The Kier molecular flexibility index (Phi) is 2.04. The van der Waals surface area contributed by atoms with E-state index in [4.69, 9.17) is 10.5 Å². The Balaban J connectivity index is 2.23. The molecule has 0 unspecified atom stereocenters. The molecule has 3 N–H and O–H groups in total. The molecule has 1 aliphatic carbocycles. The van der Waals surface area contributed by atoms with Gasteiger partial charge in [0, 0.05) is 13.2 Å². The van der Waals surface area contributed by atoms with Crippen molar-refractivity contribution in [1.82, 2.24) is 5.32 Å². The van der Waals surface area contributed by atoms with Crippen LogP contribution in [0.15, 0.2) is 0 Å². The first-order valence-electron chi connectivity index (χ1n) is 3.67. The van der Waals surface area contributed by atoms with Crippen LogP contribution in [0.1, 0.15) is 19.8 Å². The maximum atomic E-state index is 10.4. The number of nitrogens with one attached hydrogen (secondary N) is 1. The predicted octanol–water partition coefficient (Wildman–Crippen LogP) is 0.222. The average Bonchev–Trinajstić information content (AvgIpc) is 1.83. The van der Waals surface area contributed by atoms with Crippen molar-refractivity contribution in [1.29, 1.82) is 0 Å². The largest absolute Gasteiger partial charge is 0.378 e. The number of amides is 2. The van der Waals surface area contributed by atoms with E-state index in [1.165, 1.54) is 0 Å². The van der Waals surface area contributed by atoms with E-state index in [2.05, 4.69) is 5.32 Å². The molecule has 0 aromatic heterocycles. The molecule has 0 aromatic carbocycles. The molecule has 1 rings (SSSR count). The molecule has 0 saturated heterocycles. The predicted molar refractivity (Wildman–Crippen MR) is 41.2 cm³/mol. The lowest BCUT2D eigenvalue weighted by Gasteiger charge is -2.43. The molecule has 1 aliphatic rings. The molecule has 0 aromatic rings. The molecule has 0 heterocycles. The summed E-state index contributed by atoms with van der Waals surface area (Å²) in [5.41, 5.74) is 4.89. The molecule has 0 aliphatic heterocycles. The highest BCUT2D eigenvalue weighted by Crippen LogP contribution is 2.34. The standard InChI is InChI=1S/C7H14N2O2/c1-7(11-2)3-5(4-7)9-6(8)10/h5H,3-4H2,1-2H3,(H3,8,9,10)/t5-,7+. The van der Waals surface area contributed by atoms with Crippen molar-refractivity contribution < 1.29 is 9.53 Å². The smallest absolute Gasteiger partial charge is 0.312 e. The fraction of sp³-hybridized carbons (Fsp3) is 0.857. The number of carbonyl (C=O) groups excluding carboxylic acids is 1. The van der Waals surface area contributed by atoms with E-state index in [0.717, 1.165) is 12.8 Å². The first kappa shape index (κ1) is 8.33. The third-order valence-corrected chi connectivity index (χ3v) is 2.20. The Morgan fingerprint density at radius 2 is 2.27 bits per heavy atom. The molecule has 0 bridgehead atoms. The van der Waals surface area contributed by atoms with Gasteiger partial charge in [-0.05, 0) is 19.8 Å². The van der Waals surface area contributed by atoms with Crippen LogP contribution in [0.2, 0.25) is 0 Å². The molecule has 1 fully saturated rings. The van der Waals surface area contributed by atoms with E-state index in [1.807, 2.05) is 6.92 Å². The minimum absolute atomic E-state index is 0.0485. The van der Waals surface area contributed by atoms with Gasteiger partial charge in [-0.1, -0.05) is 0 Å². The number of primary amides is 1. The number of ether oxygens (including phenoxy) is 1. The first-order valence-corrected chi connectivity index (χ1v) is 3.67. The van der Waals surface area contributed by atoms with Crippen molar-refractivity contribution in [3.63, 3.8) is 0 Å². The Morgan fingerprint density at radius 3 is 2.64 bits per heavy atom. The first-order chi connectivity index (χ1) is 5.06. The maximum Gasteiger partial charge on any atom is 0.312 e. The summed E-state index contributed by atoms with van der Waals surface area (Å²) in [4.78, 5) is 10.4. The van der Waals surface area contributed by atoms with E-state index in [-0.39, 0.29) is 11.6 Å². The monoisotopic (exact) mass is 158 g/mol. The van der Waals surface area contributed by atoms with Crippen LogP contribution in [0.3, 0.4) is 0 Å². The summed E-state index contributed by atoms with van der Waals surface area (Å²) in [6, 6.07) is -0.245. The normalized spacial score (nSPS) is 36.0. The lowest BCUT2D eigenvalue weighted by atomic mass is 9.77. The summed E-state index contributed by atoms with van der Waals surface area (Å²) in [5, 5.41) is 2.63. The second-order valence-electron chi connectivity index (χ2n) is 3.27. The summed E-state index contributed by atoms with van der Waals surface area (Å²) in [7, 11) is 1.68. The van der Waals surface area contributed by atoms with Crippen LogP contribution in [0.25, 0.3) is 0 Å². The number of hydrogen-bond donors (Lipinski definition) is 2. The van der Waals surface area contributed by atoms with E-state index >= 15 is 0 Å². The highest BCUT2D eigenvalue weighted by atomic mass is 16.5. The van der Waals surface area contributed by atoms with Gasteiger partial charge in [0.1, 0.15) is 0 Å². The Bertz CT molecular complexity index is 164. The summed E-state index contributed by atoms with van der Waals surface area (Å²) in [6.45, 7) is 2.02. The zero-order valence-electron chi connectivity index (χ0n) is 6.89. The summed E-state index contributed by atoms with van der Waals surface area (Å²) >= 11 is 0. The molecule has 0 radical (unpaired) electrons. The summed E-state index contributed by atoms with van der Waals surface area (Å²) in [5.74, 6) is 0. The molecule has 2 amide bonds. The van der Waals surface area contributed by atoms with Crippen molar-refractivity contribution in [2.75, 3.05) is 7.11 Å². The van der Waals surface area contributed by atoms with Gasteiger partial charge < -0.3 is 15.8 Å². The van der Waals surface area contributed by atoms with Crippen molar-refractivity contribution in [2.24, 2.45) is 5.73 Å². The maximum absolute atomic E-state index is 10.4. The Hall–Kier alpha value is -0.770. The molecule has 0 atom stereocenters. The highest BCUT2D eigenvalue weighted by Gasteiger charge is 2.40. The van der Waals surface area contributed by atoms with E-state index in [0.29, 0.717) is 0 Å².